The van der Waals surface area contributed by atoms with Gasteiger partial charge in [-0.25, -0.2) is 8.78 Å². The smallest absolute Gasteiger partial charge is 0.144 e. The molecule has 0 heterocycles. The Morgan fingerprint density at radius 3 is 2.56 bits per heavy atom. The molecule has 0 spiro atoms. The van der Waals surface area contributed by atoms with Gasteiger partial charge in [0.15, 0.2) is 0 Å². The lowest BCUT2D eigenvalue weighted by atomic mass is 10.2. The Bertz CT molecular complexity index is 374. The highest BCUT2D eigenvalue weighted by Crippen LogP contribution is 2.21. The largest absolute Gasteiger partial charge is 0.312 e. The van der Waals surface area contributed by atoms with Crippen molar-refractivity contribution in [3.05, 3.63) is 33.8 Å². The minimum absolute atomic E-state index is 0.108. The van der Waals surface area contributed by atoms with Crippen LogP contribution in [-0.2, 0) is 6.54 Å². The summed E-state index contributed by atoms with van der Waals surface area (Å²) in [6.07, 6.45) is 4.69. The van der Waals surface area contributed by atoms with Crippen LogP contribution in [0.3, 0.4) is 0 Å². The molecule has 0 radical (unpaired) electrons. The molecule has 0 amide bonds. The first-order chi connectivity index (χ1) is 8.66. The maximum atomic E-state index is 13.6. The average molecular weight is 432 g/mol. The molecule has 0 saturated heterocycles. The summed E-state index contributed by atoms with van der Waals surface area (Å²) in [6, 6.07) is 2.67. The Balaban J connectivity index is 2.29. The van der Waals surface area contributed by atoms with Crippen molar-refractivity contribution in [2.24, 2.45) is 0 Å². The molecule has 0 fully saturated rings. The highest BCUT2D eigenvalue weighted by molar-refractivity contribution is 14.1. The van der Waals surface area contributed by atoms with Crippen molar-refractivity contribution in [2.45, 2.75) is 32.2 Å². The summed E-state index contributed by atoms with van der Waals surface area (Å²) in [5.41, 5.74) is 0.108. The highest BCUT2D eigenvalue weighted by Gasteiger charge is 2.11. The zero-order valence-corrected chi connectivity index (χ0v) is 13.9. The van der Waals surface area contributed by atoms with E-state index in [-0.39, 0.29) is 12.1 Å². The topological polar surface area (TPSA) is 12.0 Å². The lowest BCUT2D eigenvalue weighted by Crippen LogP contribution is -2.17. The van der Waals surface area contributed by atoms with Gasteiger partial charge >= 0.3 is 0 Å². The van der Waals surface area contributed by atoms with Gasteiger partial charge in [0.05, 0.1) is 4.47 Å². The standard InChI is InChI=1S/C13H17BrF2IN/c14-11-5-6-12(15)10(13(11)16)9-18-8-4-2-1-3-7-17/h5-6,18H,1-4,7-9H2. The third-order valence-electron chi connectivity index (χ3n) is 2.68. The van der Waals surface area contributed by atoms with E-state index in [0.29, 0.717) is 4.47 Å². The number of hydrogen-bond acceptors (Lipinski definition) is 1. The Hall–Kier alpha value is 0.250. The molecule has 18 heavy (non-hydrogen) atoms. The maximum absolute atomic E-state index is 13.6. The summed E-state index contributed by atoms with van der Waals surface area (Å²) in [5.74, 6) is -1.000. The van der Waals surface area contributed by atoms with E-state index in [4.69, 9.17) is 0 Å². The second-order valence-electron chi connectivity index (χ2n) is 4.10. The van der Waals surface area contributed by atoms with E-state index in [2.05, 4.69) is 43.8 Å². The lowest BCUT2D eigenvalue weighted by molar-refractivity contribution is 0.524. The number of hydrogen-bond donors (Lipinski definition) is 1. The third-order valence-corrected chi connectivity index (χ3v) is 4.05. The second kappa shape index (κ2) is 9.20. The van der Waals surface area contributed by atoms with Gasteiger partial charge in [0, 0.05) is 12.1 Å². The van der Waals surface area contributed by atoms with Crippen LogP contribution in [0.4, 0.5) is 8.78 Å². The fourth-order valence-electron chi connectivity index (χ4n) is 1.64. The predicted octanol–water partition coefficient (Wildman–Crippen LogP) is 4.81. The van der Waals surface area contributed by atoms with Crippen molar-refractivity contribution in [1.82, 2.24) is 5.32 Å². The van der Waals surface area contributed by atoms with Gasteiger partial charge in [0.25, 0.3) is 0 Å². The summed E-state index contributed by atoms with van der Waals surface area (Å²) in [5, 5.41) is 3.08. The van der Waals surface area contributed by atoms with E-state index in [0.717, 1.165) is 13.0 Å². The monoisotopic (exact) mass is 431 g/mol. The fraction of sp³-hybridized carbons (Fsp3) is 0.538. The number of unbranched alkanes of at least 4 members (excludes halogenated alkanes) is 3. The van der Waals surface area contributed by atoms with Crippen molar-refractivity contribution in [3.63, 3.8) is 0 Å². The summed E-state index contributed by atoms with van der Waals surface area (Å²) in [7, 11) is 0. The highest BCUT2D eigenvalue weighted by atomic mass is 127. The Morgan fingerprint density at radius 1 is 1.11 bits per heavy atom. The normalized spacial score (nSPS) is 10.9. The quantitative estimate of drug-likeness (QED) is 0.269. The maximum Gasteiger partial charge on any atom is 0.144 e. The molecule has 1 aromatic carbocycles. The summed E-state index contributed by atoms with van der Waals surface area (Å²) in [6.45, 7) is 1.04. The first-order valence-corrected chi connectivity index (χ1v) is 8.37. The minimum Gasteiger partial charge on any atom is -0.312 e. The van der Waals surface area contributed by atoms with Crippen LogP contribution in [0.2, 0.25) is 0 Å². The summed E-state index contributed by atoms with van der Waals surface area (Å²) in [4.78, 5) is 0. The van der Waals surface area contributed by atoms with Crippen molar-refractivity contribution in [1.29, 1.82) is 0 Å². The zero-order chi connectivity index (χ0) is 13.4. The van der Waals surface area contributed by atoms with E-state index < -0.39 is 11.6 Å². The lowest BCUT2D eigenvalue weighted by Gasteiger charge is -2.08. The number of nitrogens with one attached hydrogen (secondary N) is 1. The van der Waals surface area contributed by atoms with Gasteiger partial charge in [-0.1, -0.05) is 35.4 Å². The van der Waals surface area contributed by atoms with Crippen LogP contribution in [0.15, 0.2) is 16.6 Å². The molecule has 0 bridgehead atoms. The van der Waals surface area contributed by atoms with Crippen molar-refractivity contribution >= 4 is 38.5 Å². The van der Waals surface area contributed by atoms with Gasteiger partial charge in [-0.2, -0.15) is 0 Å². The van der Waals surface area contributed by atoms with E-state index in [1.807, 2.05) is 0 Å². The Labute approximate surface area is 129 Å². The van der Waals surface area contributed by atoms with Crippen LogP contribution in [0.5, 0.6) is 0 Å². The van der Waals surface area contributed by atoms with Crippen molar-refractivity contribution in [3.8, 4) is 0 Å². The molecule has 0 saturated carbocycles. The van der Waals surface area contributed by atoms with E-state index in [1.54, 1.807) is 0 Å². The molecule has 0 aliphatic carbocycles. The number of halogens is 4. The first-order valence-electron chi connectivity index (χ1n) is 6.06. The van der Waals surface area contributed by atoms with Crippen molar-refractivity contribution < 1.29 is 8.78 Å². The van der Waals surface area contributed by atoms with E-state index >= 15 is 0 Å². The van der Waals surface area contributed by atoms with Crippen LogP contribution in [-0.4, -0.2) is 11.0 Å². The summed E-state index contributed by atoms with van der Waals surface area (Å²) < 4.78 is 28.5. The van der Waals surface area contributed by atoms with Gasteiger partial charge < -0.3 is 5.32 Å². The molecular weight excluding hydrogens is 415 g/mol. The number of alkyl halides is 1. The van der Waals surface area contributed by atoms with Gasteiger partial charge in [-0.05, 0) is 51.9 Å². The van der Waals surface area contributed by atoms with Crippen LogP contribution in [0, 0.1) is 11.6 Å². The minimum atomic E-state index is -0.507. The number of rotatable bonds is 8. The molecule has 1 rings (SSSR count). The van der Waals surface area contributed by atoms with Gasteiger partial charge in [0.2, 0.25) is 0 Å². The van der Waals surface area contributed by atoms with Gasteiger partial charge in [0.1, 0.15) is 11.6 Å². The molecule has 102 valence electrons. The summed E-state index contributed by atoms with van der Waals surface area (Å²) >= 11 is 5.43. The Morgan fingerprint density at radius 2 is 1.83 bits per heavy atom. The zero-order valence-electron chi connectivity index (χ0n) is 10.1. The number of benzene rings is 1. The molecule has 1 N–H and O–H groups in total. The van der Waals surface area contributed by atoms with Gasteiger partial charge in [-0.3, -0.25) is 0 Å². The Kier molecular flexibility index (Phi) is 8.33. The molecule has 1 nitrogen and oxygen atoms in total. The van der Waals surface area contributed by atoms with Gasteiger partial charge in [-0.15, -0.1) is 0 Å². The molecule has 0 aliphatic rings. The first kappa shape index (κ1) is 16.3. The fourth-order valence-corrected chi connectivity index (χ4v) is 2.55. The molecule has 1 aromatic rings. The SMILES string of the molecule is Fc1ccc(Br)c(F)c1CNCCCCCCI. The van der Waals surface area contributed by atoms with Crippen LogP contribution in [0.1, 0.15) is 31.2 Å². The predicted molar refractivity (Wildman–Crippen MR) is 83.1 cm³/mol. The van der Waals surface area contributed by atoms with Crippen molar-refractivity contribution in [2.75, 3.05) is 11.0 Å². The van der Waals surface area contributed by atoms with Crippen LogP contribution < -0.4 is 5.32 Å². The molecule has 5 heteroatoms. The molecule has 0 atom stereocenters. The van der Waals surface area contributed by atoms with Crippen LogP contribution >= 0.6 is 38.5 Å². The second-order valence-corrected chi connectivity index (χ2v) is 6.03. The molecule has 0 aliphatic heterocycles. The molecule has 0 unspecified atom stereocenters. The molecular formula is C13H17BrF2IN. The van der Waals surface area contributed by atoms with E-state index in [9.17, 15) is 8.78 Å². The average Bonchev–Trinajstić information content (AvgIpc) is 2.36. The van der Waals surface area contributed by atoms with E-state index in [1.165, 1.54) is 35.8 Å². The molecule has 0 aromatic heterocycles. The van der Waals surface area contributed by atoms with Crippen LogP contribution in [0.25, 0.3) is 0 Å². The third kappa shape index (κ3) is 5.48.